The maximum Gasteiger partial charge on any atom is 0.257 e. The van der Waals surface area contributed by atoms with Crippen LogP contribution in [0.4, 0.5) is 10.2 Å². The van der Waals surface area contributed by atoms with Crippen molar-refractivity contribution in [1.29, 1.82) is 0 Å². The molecule has 0 spiro atoms. The molecule has 0 bridgehead atoms. The molecule has 162 valence electrons. The molecule has 3 heterocycles. The third-order valence-electron chi connectivity index (χ3n) is 5.22. The van der Waals surface area contributed by atoms with E-state index in [1.165, 1.54) is 6.07 Å². The molecule has 0 radical (unpaired) electrons. The van der Waals surface area contributed by atoms with Crippen LogP contribution in [0.15, 0.2) is 83.6 Å². The van der Waals surface area contributed by atoms with Gasteiger partial charge in [-0.15, -0.1) is 0 Å². The average Bonchev–Trinajstić information content (AvgIpc) is 3.21. The Hall–Kier alpha value is -3.91. The van der Waals surface area contributed by atoms with Crippen LogP contribution in [-0.4, -0.2) is 25.5 Å². The van der Waals surface area contributed by atoms with E-state index in [2.05, 4.69) is 31.3 Å². The van der Waals surface area contributed by atoms with Crippen molar-refractivity contribution in [3.8, 4) is 22.5 Å². The number of imidazole rings is 1. The fourth-order valence-corrected chi connectivity index (χ4v) is 4.08. The zero-order valence-electron chi connectivity index (χ0n) is 17.5. The van der Waals surface area contributed by atoms with Crippen molar-refractivity contribution in [3.05, 3.63) is 101 Å². The molecule has 0 atom stereocenters. The number of anilines is 1. The number of fused-ring (bicyclic) bond motifs is 1. The molecule has 0 aliphatic heterocycles. The first-order chi connectivity index (χ1) is 16.0. The molecule has 0 unspecified atom stereocenters. The second-order valence-electron chi connectivity index (χ2n) is 7.43. The van der Waals surface area contributed by atoms with Gasteiger partial charge in [-0.3, -0.25) is 4.79 Å². The number of aromatic nitrogens is 4. The van der Waals surface area contributed by atoms with Crippen LogP contribution in [0.25, 0.3) is 28.2 Å². The minimum absolute atomic E-state index is 0.275. The standard InChI is InChI=1S/C25H17BrFN5O/c1-15-13-16(8-9-20(15)27)23-24(32-22(31-23)7-4-11-29-32)17-10-12-28-21(14-17)30-25(33)18-5-2-3-6-19(18)26/h2-14H,1H3,(H,28,30,33). The summed E-state index contributed by atoms with van der Waals surface area (Å²) in [6, 6.07) is 19.3. The van der Waals surface area contributed by atoms with Gasteiger partial charge in [0, 0.05) is 28.0 Å². The van der Waals surface area contributed by atoms with Gasteiger partial charge in [0.25, 0.3) is 5.91 Å². The van der Waals surface area contributed by atoms with Gasteiger partial charge in [-0.05, 0) is 83.0 Å². The molecule has 0 aliphatic carbocycles. The lowest BCUT2D eigenvalue weighted by molar-refractivity contribution is 0.102. The molecule has 2 aromatic carbocycles. The van der Waals surface area contributed by atoms with Gasteiger partial charge in [-0.2, -0.15) is 5.10 Å². The molecule has 8 heteroatoms. The molecule has 1 N–H and O–H groups in total. The number of benzene rings is 2. The first-order valence-corrected chi connectivity index (χ1v) is 10.9. The second-order valence-corrected chi connectivity index (χ2v) is 8.28. The number of amides is 1. The largest absolute Gasteiger partial charge is 0.307 e. The third-order valence-corrected chi connectivity index (χ3v) is 5.91. The molecule has 1 amide bonds. The Morgan fingerprint density at radius 3 is 2.67 bits per heavy atom. The van der Waals surface area contributed by atoms with Crippen molar-refractivity contribution < 1.29 is 9.18 Å². The van der Waals surface area contributed by atoms with Gasteiger partial charge in [-0.1, -0.05) is 12.1 Å². The monoisotopic (exact) mass is 501 g/mol. The Balaban J connectivity index is 1.60. The molecular weight excluding hydrogens is 485 g/mol. The highest BCUT2D eigenvalue weighted by Crippen LogP contribution is 2.33. The summed E-state index contributed by atoms with van der Waals surface area (Å²) in [7, 11) is 0. The van der Waals surface area contributed by atoms with Crippen LogP contribution in [0.5, 0.6) is 0 Å². The van der Waals surface area contributed by atoms with Gasteiger partial charge in [0.1, 0.15) is 17.3 Å². The molecule has 0 saturated heterocycles. The highest BCUT2D eigenvalue weighted by Gasteiger charge is 2.19. The van der Waals surface area contributed by atoms with Crippen molar-refractivity contribution >= 4 is 33.3 Å². The predicted octanol–water partition coefficient (Wildman–Crippen LogP) is 5.92. The quantitative estimate of drug-likeness (QED) is 0.331. The molecule has 0 aliphatic rings. The topological polar surface area (TPSA) is 72.2 Å². The normalized spacial score (nSPS) is 11.0. The van der Waals surface area contributed by atoms with Crippen LogP contribution in [0, 0.1) is 12.7 Å². The van der Waals surface area contributed by atoms with Crippen molar-refractivity contribution in [2.75, 3.05) is 5.32 Å². The highest BCUT2D eigenvalue weighted by atomic mass is 79.9. The Morgan fingerprint density at radius 1 is 1.00 bits per heavy atom. The number of halogens is 2. The summed E-state index contributed by atoms with van der Waals surface area (Å²) in [5.41, 5.74) is 4.59. The SMILES string of the molecule is Cc1cc(-c2nc3cccnn3c2-c2ccnc(NC(=O)c3ccccc3Br)c2)ccc1F. The number of carbonyl (C=O) groups is 1. The zero-order valence-corrected chi connectivity index (χ0v) is 19.0. The summed E-state index contributed by atoms with van der Waals surface area (Å²) in [6.07, 6.45) is 3.29. The number of pyridine rings is 1. The molecule has 5 rings (SSSR count). The first-order valence-electron chi connectivity index (χ1n) is 10.1. The van der Waals surface area contributed by atoms with Gasteiger partial charge >= 0.3 is 0 Å². The van der Waals surface area contributed by atoms with Crippen molar-refractivity contribution in [2.24, 2.45) is 0 Å². The average molecular weight is 502 g/mol. The van der Waals surface area contributed by atoms with Crippen molar-refractivity contribution in [3.63, 3.8) is 0 Å². The zero-order chi connectivity index (χ0) is 22.9. The molecule has 5 aromatic rings. The number of hydrogen-bond donors (Lipinski definition) is 1. The minimum atomic E-state index is -0.280. The van der Waals surface area contributed by atoms with Gasteiger partial charge < -0.3 is 5.32 Å². The first kappa shape index (κ1) is 21.0. The maximum absolute atomic E-state index is 13.9. The fraction of sp³-hybridized carbons (Fsp3) is 0.0400. The van der Waals surface area contributed by atoms with E-state index in [-0.39, 0.29) is 11.7 Å². The van der Waals surface area contributed by atoms with Crippen LogP contribution in [-0.2, 0) is 0 Å². The van der Waals surface area contributed by atoms with E-state index < -0.39 is 0 Å². The Morgan fingerprint density at radius 2 is 1.85 bits per heavy atom. The van der Waals surface area contributed by atoms with Gasteiger partial charge in [0.05, 0.1) is 11.3 Å². The molecular formula is C25H17BrFN5O. The van der Waals surface area contributed by atoms with E-state index in [1.807, 2.05) is 24.3 Å². The van der Waals surface area contributed by atoms with E-state index in [0.717, 1.165) is 16.8 Å². The lowest BCUT2D eigenvalue weighted by Gasteiger charge is -2.09. The maximum atomic E-state index is 13.9. The molecule has 33 heavy (non-hydrogen) atoms. The Bertz CT molecular complexity index is 1510. The minimum Gasteiger partial charge on any atom is -0.307 e. The number of nitrogens with zero attached hydrogens (tertiary/aromatic N) is 4. The Labute approximate surface area is 197 Å². The van der Waals surface area contributed by atoms with Gasteiger partial charge in [-0.25, -0.2) is 18.9 Å². The lowest BCUT2D eigenvalue weighted by atomic mass is 10.0. The summed E-state index contributed by atoms with van der Waals surface area (Å²) in [4.78, 5) is 21.8. The van der Waals surface area contributed by atoms with E-state index in [1.54, 1.807) is 60.2 Å². The third kappa shape index (κ3) is 4.01. The molecule has 6 nitrogen and oxygen atoms in total. The highest BCUT2D eigenvalue weighted by molar-refractivity contribution is 9.10. The number of nitrogens with one attached hydrogen (secondary N) is 1. The van der Waals surface area contributed by atoms with Crippen molar-refractivity contribution in [2.45, 2.75) is 6.92 Å². The van der Waals surface area contributed by atoms with Gasteiger partial charge in [0.2, 0.25) is 0 Å². The summed E-state index contributed by atoms with van der Waals surface area (Å²) in [6.45, 7) is 1.72. The lowest BCUT2D eigenvalue weighted by Crippen LogP contribution is -2.13. The van der Waals surface area contributed by atoms with Crippen LogP contribution < -0.4 is 5.32 Å². The van der Waals surface area contributed by atoms with E-state index in [9.17, 15) is 9.18 Å². The predicted molar refractivity (Wildman–Crippen MR) is 128 cm³/mol. The fourth-order valence-electron chi connectivity index (χ4n) is 3.62. The number of hydrogen-bond acceptors (Lipinski definition) is 4. The van der Waals surface area contributed by atoms with E-state index >= 15 is 0 Å². The van der Waals surface area contributed by atoms with Crippen LogP contribution in [0.3, 0.4) is 0 Å². The summed E-state index contributed by atoms with van der Waals surface area (Å²) in [5.74, 6) is -0.165. The van der Waals surface area contributed by atoms with Gasteiger partial charge in [0.15, 0.2) is 5.65 Å². The summed E-state index contributed by atoms with van der Waals surface area (Å²) >= 11 is 3.40. The van der Waals surface area contributed by atoms with Crippen LogP contribution >= 0.6 is 15.9 Å². The van der Waals surface area contributed by atoms with E-state index in [0.29, 0.717) is 32.8 Å². The molecule has 3 aromatic heterocycles. The number of carbonyl (C=O) groups excluding carboxylic acids is 1. The smallest absolute Gasteiger partial charge is 0.257 e. The van der Waals surface area contributed by atoms with E-state index in [4.69, 9.17) is 4.98 Å². The summed E-state index contributed by atoms with van der Waals surface area (Å²) < 4.78 is 16.3. The number of rotatable bonds is 4. The summed E-state index contributed by atoms with van der Waals surface area (Å²) in [5, 5.41) is 7.31. The molecule has 0 saturated carbocycles. The molecule has 0 fully saturated rings. The second kappa shape index (κ2) is 8.55. The van der Waals surface area contributed by atoms with Crippen LogP contribution in [0.1, 0.15) is 15.9 Å². The van der Waals surface area contributed by atoms with Crippen molar-refractivity contribution in [1.82, 2.24) is 19.6 Å². The van der Waals surface area contributed by atoms with Crippen LogP contribution in [0.2, 0.25) is 0 Å². The Kier molecular flexibility index (Phi) is 5.43. The number of aryl methyl sites for hydroxylation is 1.